The molecule has 0 N–H and O–H groups in total. The fourth-order valence-electron chi connectivity index (χ4n) is 7.44. The van der Waals surface area contributed by atoms with Crippen LogP contribution in [0.1, 0.15) is 45.7 Å². The summed E-state index contributed by atoms with van der Waals surface area (Å²) >= 11 is 0. The van der Waals surface area contributed by atoms with Crippen LogP contribution in [0.15, 0.2) is 188 Å². The predicted octanol–water partition coefficient (Wildman–Crippen LogP) is 15.2. The third-order valence-electron chi connectivity index (χ3n) is 9.76. The molecule has 9 rings (SSSR count). The summed E-state index contributed by atoms with van der Waals surface area (Å²) in [6.45, 7) is 17.4. The first-order valence-corrected chi connectivity index (χ1v) is 18.7. The first kappa shape index (κ1) is 36.1. The Morgan fingerprint density at radius 2 is 1.13 bits per heavy atom. The van der Waals surface area contributed by atoms with E-state index in [0.717, 1.165) is 17.7 Å². The predicted molar refractivity (Wildman–Crippen MR) is 236 cm³/mol. The van der Waals surface area contributed by atoms with E-state index in [1.165, 1.54) is 93.5 Å². The molecular weight excluding hydrogens is 651 g/mol. The van der Waals surface area contributed by atoms with Crippen LogP contribution in [0.2, 0.25) is 0 Å². The number of nitrogens with zero attached hydrogens (tertiary/aromatic N) is 1. The Kier molecular flexibility index (Phi) is 10.5. The summed E-state index contributed by atoms with van der Waals surface area (Å²) in [6.07, 6.45) is 9.10. The third kappa shape index (κ3) is 7.45. The second kappa shape index (κ2) is 15.7. The van der Waals surface area contributed by atoms with Crippen molar-refractivity contribution in [2.45, 2.75) is 41.0 Å². The molecule has 0 atom stereocenters. The van der Waals surface area contributed by atoms with Gasteiger partial charge >= 0.3 is 0 Å². The number of hydrogen-bond acceptors (Lipinski definition) is 1. The van der Waals surface area contributed by atoms with Crippen LogP contribution in [0.5, 0.6) is 0 Å². The molecule has 1 aromatic heterocycles. The summed E-state index contributed by atoms with van der Waals surface area (Å²) in [6, 6.07) is 48.7. The van der Waals surface area contributed by atoms with E-state index in [-0.39, 0.29) is 0 Å². The van der Waals surface area contributed by atoms with Gasteiger partial charge in [-0.3, -0.25) is 4.98 Å². The highest BCUT2D eigenvalue weighted by Crippen LogP contribution is 2.44. The Morgan fingerprint density at radius 1 is 0.537 bits per heavy atom. The minimum atomic E-state index is 0.976. The van der Waals surface area contributed by atoms with Gasteiger partial charge in [-0.1, -0.05) is 169 Å². The topological polar surface area (TPSA) is 12.9 Å². The van der Waals surface area contributed by atoms with Crippen molar-refractivity contribution in [1.29, 1.82) is 0 Å². The van der Waals surface area contributed by atoms with Crippen LogP contribution in [0.25, 0.3) is 77.0 Å². The van der Waals surface area contributed by atoms with Gasteiger partial charge in [-0.25, -0.2) is 0 Å². The second-order valence-electron chi connectivity index (χ2n) is 14.8. The zero-order valence-corrected chi connectivity index (χ0v) is 32.1. The summed E-state index contributed by atoms with van der Waals surface area (Å²) in [4.78, 5) is 5.05. The summed E-state index contributed by atoms with van der Waals surface area (Å²) in [5, 5.41) is 7.74. The number of aromatic nitrogens is 1. The van der Waals surface area contributed by atoms with Crippen molar-refractivity contribution in [2.75, 3.05) is 0 Å². The molecule has 7 aromatic carbocycles. The number of allylic oxidation sites excluding steroid dienone is 6. The van der Waals surface area contributed by atoms with Crippen LogP contribution in [0.3, 0.4) is 0 Å². The Bertz CT molecular complexity index is 2680. The van der Waals surface area contributed by atoms with E-state index in [1.54, 1.807) is 0 Å². The second-order valence-corrected chi connectivity index (χ2v) is 14.8. The lowest BCUT2D eigenvalue weighted by molar-refractivity contribution is 1.25. The summed E-state index contributed by atoms with van der Waals surface area (Å²) < 4.78 is 0. The average molecular weight is 698 g/mol. The lowest BCUT2D eigenvalue weighted by Gasteiger charge is -2.16. The van der Waals surface area contributed by atoms with Crippen molar-refractivity contribution in [3.05, 3.63) is 199 Å². The van der Waals surface area contributed by atoms with Gasteiger partial charge in [-0.15, -0.1) is 6.58 Å². The third-order valence-corrected chi connectivity index (χ3v) is 9.76. The van der Waals surface area contributed by atoms with Crippen molar-refractivity contribution < 1.29 is 0 Å². The van der Waals surface area contributed by atoms with Gasteiger partial charge in [0.2, 0.25) is 0 Å². The van der Waals surface area contributed by atoms with Crippen molar-refractivity contribution in [1.82, 2.24) is 4.98 Å². The van der Waals surface area contributed by atoms with E-state index in [1.807, 2.05) is 32.9 Å². The molecule has 1 aliphatic carbocycles. The molecule has 1 heteroatoms. The van der Waals surface area contributed by atoms with Crippen molar-refractivity contribution >= 4 is 32.3 Å². The molecule has 0 spiro atoms. The number of rotatable bonds is 5. The number of benzene rings is 7. The Hall–Kier alpha value is -6.31. The fourth-order valence-corrected chi connectivity index (χ4v) is 7.44. The molecule has 1 heterocycles. The van der Waals surface area contributed by atoms with Crippen LogP contribution < -0.4 is 0 Å². The Morgan fingerprint density at radius 3 is 1.78 bits per heavy atom. The zero-order valence-electron chi connectivity index (χ0n) is 32.1. The molecule has 54 heavy (non-hydrogen) atoms. The maximum atomic E-state index is 5.05. The molecule has 0 saturated carbocycles. The molecule has 8 aromatic rings. The number of fused-ring (bicyclic) bond motifs is 3. The molecule has 0 bridgehead atoms. The molecule has 0 unspecified atom stereocenters. The van der Waals surface area contributed by atoms with Crippen molar-refractivity contribution in [3.8, 4) is 44.6 Å². The van der Waals surface area contributed by atoms with E-state index >= 15 is 0 Å². The van der Waals surface area contributed by atoms with E-state index in [9.17, 15) is 0 Å². The molecule has 0 fully saturated rings. The van der Waals surface area contributed by atoms with Gasteiger partial charge in [0.15, 0.2) is 0 Å². The minimum absolute atomic E-state index is 0.976. The largest absolute Gasteiger partial charge is 0.256 e. The first-order valence-electron chi connectivity index (χ1n) is 18.7. The molecule has 264 valence electrons. The quantitative estimate of drug-likeness (QED) is 0.0991. The molecule has 0 radical (unpaired) electrons. The Balaban J connectivity index is 0.000000301. The molecule has 0 aliphatic heterocycles. The highest BCUT2D eigenvalue weighted by Gasteiger charge is 2.21. The zero-order chi connectivity index (χ0) is 37.8. The maximum absolute atomic E-state index is 5.05. The van der Waals surface area contributed by atoms with Crippen molar-refractivity contribution in [3.63, 3.8) is 0 Å². The Labute approximate surface area is 320 Å². The maximum Gasteiger partial charge on any atom is 0.0708 e. The van der Waals surface area contributed by atoms with Gasteiger partial charge in [0.25, 0.3) is 0 Å². The minimum Gasteiger partial charge on any atom is -0.256 e. The SMILES string of the molecule is C=C(C)/C=C\C=C(C)C.C=C(C)C.c1ccc(-c2ccc3ccc4c(-c5ccc(-c6cccc7c6Cc6ccccc6-7)cn5)ccc5ccc2c3c54)cc1. The van der Waals surface area contributed by atoms with Crippen LogP contribution in [0, 0.1) is 0 Å². The van der Waals surface area contributed by atoms with Gasteiger partial charge in [0, 0.05) is 17.3 Å². The monoisotopic (exact) mass is 697 g/mol. The fraction of sp³-hybridized carbons (Fsp3) is 0.113. The first-order chi connectivity index (χ1) is 26.2. The van der Waals surface area contributed by atoms with Crippen molar-refractivity contribution in [2.24, 2.45) is 0 Å². The van der Waals surface area contributed by atoms with Crippen LogP contribution >= 0.6 is 0 Å². The molecule has 1 aliphatic rings. The molecule has 0 amide bonds. The molecule has 0 saturated heterocycles. The lowest BCUT2D eigenvalue weighted by atomic mass is 9.88. The van der Waals surface area contributed by atoms with Gasteiger partial charge < -0.3 is 0 Å². The molecular formula is C53H47N. The summed E-state index contributed by atoms with van der Waals surface area (Å²) in [5.41, 5.74) is 16.2. The van der Waals surface area contributed by atoms with Gasteiger partial charge in [0.05, 0.1) is 5.69 Å². The van der Waals surface area contributed by atoms with E-state index in [0.29, 0.717) is 0 Å². The van der Waals surface area contributed by atoms with Gasteiger partial charge in [-0.2, -0.15) is 0 Å². The average Bonchev–Trinajstić information content (AvgIpc) is 3.56. The summed E-state index contributed by atoms with van der Waals surface area (Å²) in [7, 11) is 0. The van der Waals surface area contributed by atoms with Gasteiger partial charge in [-0.05, 0) is 118 Å². The van der Waals surface area contributed by atoms with Gasteiger partial charge in [0.1, 0.15) is 0 Å². The smallest absolute Gasteiger partial charge is 0.0708 e. The van der Waals surface area contributed by atoms with E-state index in [4.69, 9.17) is 4.98 Å². The lowest BCUT2D eigenvalue weighted by Crippen LogP contribution is -1.92. The summed E-state index contributed by atoms with van der Waals surface area (Å²) in [5.74, 6) is 0. The van der Waals surface area contributed by atoms with E-state index in [2.05, 4.69) is 173 Å². The van der Waals surface area contributed by atoms with Crippen LogP contribution in [-0.4, -0.2) is 4.98 Å². The highest BCUT2D eigenvalue weighted by atomic mass is 14.7. The number of hydrogen-bond donors (Lipinski definition) is 0. The standard InChI is InChI=1S/C40H25N.C9H14.C4H8/c1-2-7-25(8-3-1)32-18-13-26-16-21-36-34(19-14-27-15-20-35(32)39(26)40(27)36)38-22-17-29(24-41-38)31-11-6-12-33-30-10-5-4-9-28(30)23-37(31)33;1-8(2)6-5-7-9(3)4;1-4(2)3/h1-22,24H,23H2;5-7H,1H2,2-4H3;1H2,2-3H3/b;6-5-;. The molecule has 1 nitrogen and oxygen atoms in total. The van der Waals surface area contributed by atoms with Crippen LogP contribution in [-0.2, 0) is 6.42 Å². The van der Waals surface area contributed by atoms with Crippen LogP contribution in [0.4, 0.5) is 0 Å². The highest BCUT2D eigenvalue weighted by molar-refractivity contribution is 6.27. The normalized spacial score (nSPS) is 11.4. The van der Waals surface area contributed by atoms with E-state index < -0.39 is 0 Å². The number of pyridine rings is 1.